The Hall–Kier alpha value is -1.24. The summed E-state index contributed by atoms with van der Waals surface area (Å²) < 4.78 is 1.80. The van der Waals surface area contributed by atoms with Crippen LogP contribution in [0.5, 0.6) is 0 Å². The topological polar surface area (TPSA) is 50.2 Å². The molecule has 1 aliphatic rings. The van der Waals surface area contributed by atoms with Crippen LogP contribution in [0.2, 0.25) is 0 Å². The molecule has 1 aliphatic carbocycles. The molecule has 0 radical (unpaired) electrons. The molecule has 0 saturated heterocycles. The van der Waals surface area contributed by atoms with Gasteiger partial charge >= 0.3 is 0 Å². The van der Waals surface area contributed by atoms with Crippen LogP contribution < -0.4 is 10.9 Å². The van der Waals surface area contributed by atoms with Crippen molar-refractivity contribution in [2.45, 2.75) is 65.5 Å². The second kappa shape index (κ2) is 9.11. The van der Waals surface area contributed by atoms with Crippen molar-refractivity contribution >= 4 is 21.6 Å². The zero-order chi connectivity index (χ0) is 18.5. The first-order valence-corrected chi connectivity index (χ1v) is 10.9. The van der Waals surface area contributed by atoms with Crippen molar-refractivity contribution in [2.75, 3.05) is 26.2 Å². The number of hydrogen-bond acceptors (Lipinski definition) is 5. The van der Waals surface area contributed by atoms with Crippen LogP contribution in [0, 0.1) is 0 Å². The van der Waals surface area contributed by atoms with Crippen LogP contribution in [0.4, 0.5) is 0 Å². The molecule has 1 atom stereocenters. The quantitative estimate of drug-likeness (QED) is 0.731. The summed E-state index contributed by atoms with van der Waals surface area (Å²) in [5, 5.41) is 4.61. The van der Waals surface area contributed by atoms with Crippen LogP contribution in [0.1, 0.15) is 50.5 Å². The van der Waals surface area contributed by atoms with Crippen molar-refractivity contribution < 1.29 is 0 Å². The molecule has 144 valence electrons. The van der Waals surface area contributed by atoms with E-state index in [1.807, 2.05) is 0 Å². The number of nitrogens with zero attached hydrogens (tertiary/aromatic N) is 3. The standard InChI is InChI=1S/C20H32N4OS/c1-4-7-11-24-14-22-19-18(20(24)25)16-9-8-15(13-17(16)26-19)21-10-12-23(5-2)6-3/h14-15,21H,4-13H2,1-3H3/t15-/m1/s1. The predicted octanol–water partition coefficient (Wildman–Crippen LogP) is 3.05. The van der Waals surface area contributed by atoms with E-state index >= 15 is 0 Å². The van der Waals surface area contributed by atoms with E-state index in [-0.39, 0.29) is 5.56 Å². The van der Waals surface area contributed by atoms with E-state index in [4.69, 9.17) is 0 Å². The Labute approximate surface area is 160 Å². The largest absolute Gasteiger partial charge is 0.312 e. The molecule has 2 aromatic heterocycles. The average Bonchev–Trinajstić information content (AvgIpc) is 3.03. The highest BCUT2D eigenvalue weighted by Crippen LogP contribution is 2.33. The van der Waals surface area contributed by atoms with E-state index in [2.05, 4.69) is 36.0 Å². The lowest BCUT2D eigenvalue weighted by molar-refractivity contribution is 0.293. The van der Waals surface area contributed by atoms with Crippen molar-refractivity contribution in [3.05, 3.63) is 27.1 Å². The third kappa shape index (κ3) is 4.18. The highest BCUT2D eigenvalue weighted by molar-refractivity contribution is 7.18. The summed E-state index contributed by atoms with van der Waals surface area (Å²) in [5.74, 6) is 0. The van der Waals surface area contributed by atoms with Crippen molar-refractivity contribution in [3.8, 4) is 0 Å². The molecule has 0 fully saturated rings. The van der Waals surface area contributed by atoms with Gasteiger partial charge in [-0.1, -0.05) is 27.2 Å². The molecule has 2 heterocycles. The third-order valence-electron chi connectivity index (χ3n) is 5.54. The molecule has 0 unspecified atom stereocenters. The summed E-state index contributed by atoms with van der Waals surface area (Å²) in [6.07, 6.45) is 6.99. The molecule has 3 rings (SSSR count). The molecule has 2 aromatic rings. The Bertz CT molecular complexity index is 778. The number of likely N-dealkylation sites (N-methyl/N-ethyl adjacent to an activating group) is 1. The summed E-state index contributed by atoms with van der Waals surface area (Å²) >= 11 is 1.72. The number of rotatable bonds is 9. The van der Waals surface area contributed by atoms with Crippen molar-refractivity contribution in [1.29, 1.82) is 0 Å². The molecule has 6 heteroatoms. The minimum atomic E-state index is 0.161. The molecule has 0 spiro atoms. The Balaban J connectivity index is 1.71. The van der Waals surface area contributed by atoms with Crippen LogP contribution in [0.3, 0.4) is 0 Å². The number of unbranched alkanes of at least 4 members (excludes halogenated alkanes) is 1. The van der Waals surface area contributed by atoms with Gasteiger partial charge in [0.1, 0.15) is 4.83 Å². The molecular weight excluding hydrogens is 344 g/mol. The number of fused-ring (bicyclic) bond motifs is 3. The van der Waals surface area contributed by atoms with Gasteiger partial charge in [0.05, 0.1) is 11.7 Å². The van der Waals surface area contributed by atoms with Gasteiger partial charge in [0, 0.05) is 30.6 Å². The van der Waals surface area contributed by atoms with E-state index in [1.54, 1.807) is 22.2 Å². The van der Waals surface area contributed by atoms with Crippen LogP contribution >= 0.6 is 11.3 Å². The van der Waals surface area contributed by atoms with Crippen LogP contribution in [0.25, 0.3) is 10.2 Å². The van der Waals surface area contributed by atoms with Gasteiger partial charge in [-0.05, 0) is 44.3 Å². The molecular formula is C20H32N4OS. The van der Waals surface area contributed by atoms with Gasteiger partial charge in [0.15, 0.2) is 0 Å². The molecule has 0 aliphatic heterocycles. The lowest BCUT2D eigenvalue weighted by Gasteiger charge is -2.25. The van der Waals surface area contributed by atoms with Crippen molar-refractivity contribution in [3.63, 3.8) is 0 Å². The molecule has 0 amide bonds. The van der Waals surface area contributed by atoms with Gasteiger partial charge in [-0.2, -0.15) is 0 Å². The Morgan fingerprint density at radius 2 is 2.15 bits per heavy atom. The molecule has 0 saturated carbocycles. The zero-order valence-corrected chi connectivity index (χ0v) is 17.2. The molecule has 26 heavy (non-hydrogen) atoms. The number of nitrogens with one attached hydrogen (secondary N) is 1. The number of aryl methyl sites for hydroxylation is 2. The van der Waals surface area contributed by atoms with Gasteiger partial charge in [-0.15, -0.1) is 11.3 Å². The van der Waals surface area contributed by atoms with Gasteiger partial charge < -0.3 is 10.2 Å². The first kappa shape index (κ1) is 19.5. The minimum Gasteiger partial charge on any atom is -0.312 e. The van der Waals surface area contributed by atoms with Gasteiger partial charge in [-0.25, -0.2) is 4.98 Å². The van der Waals surface area contributed by atoms with Crippen molar-refractivity contribution in [2.24, 2.45) is 0 Å². The van der Waals surface area contributed by atoms with Crippen LogP contribution in [-0.2, 0) is 19.4 Å². The Kier molecular flexibility index (Phi) is 6.84. The fourth-order valence-electron chi connectivity index (χ4n) is 3.83. The minimum absolute atomic E-state index is 0.161. The molecule has 1 N–H and O–H groups in total. The van der Waals surface area contributed by atoms with E-state index in [1.165, 1.54) is 10.4 Å². The lowest BCUT2D eigenvalue weighted by atomic mass is 9.93. The highest BCUT2D eigenvalue weighted by atomic mass is 32.1. The highest BCUT2D eigenvalue weighted by Gasteiger charge is 2.25. The lowest BCUT2D eigenvalue weighted by Crippen LogP contribution is -2.39. The Morgan fingerprint density at radius 1 is 1.35 bits per heavy atom. The van der Waals surface area contributed by atoms with Gasteiger partial charge in [0.2, 0.25) is 0 Å². The fraction of sp³-hybridized carbons (Fsp3) is 0.700. The summed E-state index contributed by atoms with van der Waals surface area (Å²) in [4.78, 5) is 22.2. The Morgan fingerprint density at radius 3 is 2.88 bits per heavy atom. The second-order valence-electron chi connectivity index (χ2n) is 7.20. The maximum Gasteiger partial charge on any atom is 0.262 e. The van der Waals surface area contributed by atoms with Gasteiger partial charge in [0.25, 0.3) is 5.56 Å². The average molecular weight is 377 g/mol. The van der Waals surface area contributed by atoms with Crippen molar-refractivity contribution in [1.82, 2.24) is 19.8 Å². The normalized spacial score (nSPS) is 17.2. The van der Waals surface area contributed by atoms with Crippen LogP contribution in [-0.4, -0.2) is 46.7 Å². The molecule has 0 bridgehead atoms. The summed E-state index contributed by atoms with van der Waals surface area (Å²) in [7, 11) is 0. The fourth-order valence-corrected chi connectivity index (χ4v) is 5.09. The summed E-state index contributed by atoms with van der Waals surface area (Å²) in [5.41, 5.74) is 1.43. The van der Waals surface area contributed by atoms with E-state index in [9.17, 15) is 4.79 Å². The first-order valence-electron chi connectivity index (χ1n) is 10.1. The summed E-state index contributed by atoms with van der Waals surface area (Å²) in [6, 6.07) is 0.522. The van der Waals surface area contributed by atoms with E-state index in [0.29, 0.717) is 6.04 Å². The maximum absolute atomic E-state index is 12.9. The first-order chi connectivity index (χ1) is 12.7. The van der Waals surface area contributed by atoms with Crippen LogP contribution in [0.15, 0.2) is 11.1 Å². The maximum atomic E-state index is 12.9. The number of hydrogen-bond donors (Lipinski definition) is 1. The number of thiophene rings is 1. The van der Waals surface area contributed by atoms with Gasteiger partial charge in [-0.3, -0.25) is 9.36 Å². The zero-order valence-electron chi connectivity index (χ0n) is 16.4. The SMILES string of the molecule is CCCCn1cnc2sc3c(c2c1=O)CC[C@@H](NCCN(CC)CC)C3. The van der Waals surface area contributed by atoms with E-state index in [0.717, 1.165) is 75.0 Å². The monoisotopic (exact) mass is 376 g/mol. The summed E-state index contributed by atoms with van der Waals surface area (Å²) in [6.45, 7) is 11.7. The smallest absolute Gasteiger partial charge is 0.262 e. The number of aromatic nitrogens is 2. The second-order valence-corrected chi connectivity index (χ2v) is 8.28. The molecule has 0 aromatic carbocycles. The molecule has 5 nitrogen and oxygen atoms in total. The third-order valence-corrected chi connectivity index (χ3v) is 6.71. The predicted molar refractivity (Wildman–Crippen MR) is 110 cm³/mol. The van der Waals surface area contributed by atoms with E-state index < -0.39 is 0 Å².